The van der Waals surface area contributed by atoms with E-state index in [2.05, 4.69) is 4.72 Å². The first-order chi connectivity index (χ1) is 7.90. The summed E-state index contributed by atoms with van der Waals surface area (Å²) >= 11 is 0. The maximum absolute atomic E-state index is 11.7. The highest BCUT2D eigenvalue weighted by atomic mass is 32.2. The van der Waals surface area contributed by atoms with Gasteiger partial charge in [0.1, 0.15) is 5.75 Å². The van der Waals surface area contributed by atoms with E-state index in [0.717, 1.165) is 0 Å². The Morgan fingerprint density at radius 1 is 1.53 bits per heavy atom. The van der Waals surface area contributed by atoms with Crippen LogP contribution in [0.2, 0.25) is 0 Å². The van der Waals surface area contributed by atoms with E-state index < -0.39 is 15.3 Å². The Morgan fingerprint density at radius 3 is 2.71 bits per heavy atom. The van der Waals surface area contributed by atoms with Gasteiger partial charge in [-0.1, -0.05) is 0 Å². The molecule has 0 bridgehead atoms. The van der Waals surface area contributed by atoms with Crippen LogP contribution in [0.4, 0.5) is 11.4 Å². The van der Waals surface area contributed by atoms with Crippen LogP contribution in [0.3, 0.4) is 0 Å². The molecule has 3 N–H and O–H groups in total. The van der Waals surface area contributed by atoms with Crippen molar-refractivity contribution in [2.24, 2.45) is 0 Å². The zero-order chi connectivity index (χ0) is 13.1. The summed E-state index contributed by atoms with van der Waals surface area (Å²) in [6, 6.07) is 6.22. The van der Waals surface area contributed by atoms with Gasteiger partial charge in [0.25, 0.3) is 0 Å². The third kappa shape index (κ3) is 3.01. The second-order valence-corrected chi connectivity index (χ2v) is 5.38. The van der Waals surface area contributed by atoms with Crippen LogP contribution < -0.4 is 15.2 Å². The van der Waals surface area contributed by atoms with Gasteiger partial charge in [0.2, 0.25) is 10.0 Å². The van der Waals surface area contributed by atoms with Crippen molar-refractivity contribution in [2.45, 2.75) is 12.2 Å². The van der Waals surface area contributed by atoms with Crippen LogP contribution in [0.15, 0.2) is 18.2 Å². The quantitative estimate of drug-likeness (QED) is 0.778. The Hall–Kier alpha value is -1.94. The van der Waals surface area contributed by atoms with Crippen molar-refractivity contribution < 1.29 is 13.2 Å². The lowest BCUT2D eigenvalue weighted by molar-refractivity contribution is 0.417. The van der Waals surface area contributed by atoms with Gasteiger partial charge >= 0.3 is 0 Å². The highest BCUT2D eigenvalue weighted by molar-refractivity contribution is 7.93. The van der Waals surface area contributed by atoms with Gasteiger partial charge in [-0.2, -0.15) is 5.26 Å². The number of benzene rings is 1. The van der Waals surface area contributed by atoms with Crippen molar-refractivity contribution in [3.63, 3.8) is 0 Å². The van der Waals surface area contributed by atoms with Gasteiger partial charge in [-0.25, -0.2) is 8.42 Å². The molecule has 0 amide bonds. The van der Waals surface area contributed by atoms with E-state index in [1.165, 1.54) is 20.1 Å². The average Bonchev–Trinajstić information content (AvgIpc) is 2.27. The molecule has 0 spiro atoms. The smallest absolute Gasteiger partial charge is 0.248 e. The number of hydrogen-bond acceptors (Lipinski definition) is 5. The number of nitrogens with one attached hydrogen (secondary N) is 1. The Bertz CT molecular complexity index is 548. The maximum atomic E-state index is 11.7. The van der Waals surface area contributed by atoms with Crippen LogP contribution in [-0.2, 0) is 10.0 Å². The van der Waals surface area contributed by atoms with Crippen LogP contribution in [0, 0.1) is 11.3 Å². The third-order valence-electron chi connectivity index (χ3n) is 2.12. The fraction of sp³-hybridized carbons (Fsp3) is 0.300. The number of methoxy groups -OCH3 is 1. The largest absolute Gasteiger partial charge is 0.495 e. The molecule has 0 aliphatic carbocycles. The maximum Gasteiger partial charge on any atom is 0.248 e. The molecule has 1 unspecified atom stereocenters. The second kappa shape index (κ2) is 4.93. The molecular formula is C10H13N3O3S. The fourth-order valence-electron chi connectivity index (χ4n) is 1.12. The molecule has 7 heteroatoms. The number of sulfonamides is 1. The summed E-state index contributed by atoms with van der Waals surface area (Å²) < 4.78 is 30.6. The highest BCUT2D eigenvalue weighted by Gasteiger charge is 2.21. The first-order valence-corrected chi connectivity index (χ1v) is 6.30. The van der Waals surface area contributed by atoms with Crippen molar-refractivity contribution in [2.75, 3.05) is 17.6 Å². The summed E-state index contributed by atoms with van der Waals surface area (Å²) in [5.74, 6) is 0.341. The van der Waals surface area contributed by atoms with E-state index in [1.54, 1.807) is 18.2 Å². The average molecular weight is 255 g/mol. The molecular weight excluding hydrogens is 242 g/mol. The van der Waals surface area contributed by atoms with Crippen LogP contribution in [0.5, 0.6) is 5.75 Å². The molecule has 0 aromatic heterocycles. The first kappa shape index (κ1) is 13.1. The number of nitriles is 1. The molecule has 17 heavy (non-hydrogen) atoms. The van der Waals surface area contributed by atoms with E-state index in [9.17, 15) is 8.42 Å². The number of nitrogens with zero attached hydrogens (tertiary/aromatic N) is 1. The lowest BCUT2D eigenvalue weighted by Gasteiger charge is -2.13. The van der Waals surface area contributed by atoms with Crippen molar-refractivity contribution in [1.82, 2.24) is 0 Å². The monoisotopic (exact) mass is 255 g/mol. The lowest BCUT2D eigenvalue weighted by atomic mass is 10.2. The number of rotatable bonds is 4. The standard InChI is InChI=1S/C10H13N3O3S/c1-7(6-11)17(14,15)13-9-5-8(12)3-4-10(9)16-2/h3-5,7,13H,12H2,1-2H3. The number of ether oxygens (including phenoxy) is 1. The predicted molar refractivity (Wildman–Crippen MR) is 65.0 cm³/mol. The molecule has 92 valence electrons. The van der Waals surface area contributed by atoms with Crippen LogP contribution >= 0.6 is 0 Å². The minimum atomic E-state index is -3.76. The normalized spacial score (nSPS) is 12.5. The topological polar surface area (TPSA) is 105 Å². The van der Waals surface area contributed by atoms with E-state index in [-0.39, 0.29) is 5.69 Å². The molecule has 6 nitrogen and oxygen atoms in total. The van der Waals surface area contributed by atoms with Crippen LogP contribution in [0.1, 0.15) is 6.92 Å². The zero-order valence-corrected chi connectivity index (χ0v) is 10.3. The summed E-state index contributed by atoms with van der Waals surface area (Å²) in [6.45, 7) is 1.29. The van der Waals surface area contributed by atoms with E-state index in [0.29, 0.717) is 11.4 Å². The highest BCUT2D eigenvalue weighted by Crippen LogP contribution is 2.27. The van der Waals surface area contributed by atoms with Crippen molar-refractivity contribution in [1.29, 1.82) is 5.26 Å². The molecule has 1 atom stereocenters. The minimum Gasteiger partial charge on any atom is -0.495 e. The van der Waals surface area contributed by atoms with Crippen molar-refractivity contribution >= 4 is 21.4 Å². The van der Waals surface area contributed by atoms with Crippen molar-refractivity contribution in [3.8, 4) is 11.8 Å². The van der Waals surface area contributed by atoms with Gasteiger partial charge < -0.3 is 10.5 Å². The molecule has 0 saturated heterocycles. The van der Waals surface area contributed by atoms with Gasteiger partial charge in [0.05, 0.1) is 18.9 Å². The number of anilines is 2. The SMILES string of the molecule is COc1ccc(N)cc1NS(=O)(=O)C(C)C#N. The number of hydrogen-bond donors (Lipinski definition) is 2. The van der Waals surface area contributed by atoms with E-state index in [4.69, 9.17) is 15.7 Å². The molecule has 0 fully saturated rings. The van der Waals surface area contributed by atoms with E-state index >= 15 is 0 Å². The molecule has 1 rings (SSSR count). The third-order valence-corrected chi connectivity index (χ3v) is 3.66. The number of nitrogen functional groups attached to an aromatic ring is 1. The Morgan fingerprint density at radius 2 is 2.18 bits per heavy atom. The summed E-state index contributed by atoms with van der Waals surface area (Å²) in [4.78, 5) is 0. The van der Waals surface area contributed by atoms with Crippen LogP contribution in [-0.4, -0.2) is 20.8 Å². The van der Waals surface area contributed by atoms with Crippen molar-refractivity contribution in [3.05, 3.63) is 18.2 Å². The fourth-order valence-corrected chi connectivity index (χ4v) is 1.90. The summed E-state index contributed by atoms with van der Waals surface area (Å²) in [7, 11) is -2.35. The molecule has 0 aliphatic heterocycles. The first-order valence-electron chi connectivity index (χ1n) is 4.75. The van der Waals surface area contributed by atoms with Gasteiger partial charge in [0, 0.05) is 5.69 Å². The Balaban J connectivity index is 3.12. The molecule has 1 aromatic carbocycles. The summed E-state index contributed by atoms with van der Waals surface area (Å²) in [5, 5.41) is 7.45. The lowest BCUT2D eigenvalue weighted by Crippen LogP contribution is -2.24. The number of nitrogens with two attached hydrogens (primary N) is 1. The zero-order valence-electron chi connectivity index (χ0n) is 9.47. The Labute approximate surface area is 100 Å². The van der Waals surface area contributed by atoms with E-state index in [1.807, 2.05) is 0 Å². The predicted octanol–water partition coefficient (Wildman–Crippen LogP) is 0.931. The minimum absolute atomic E-state index is 0.217. The van der Waals surface area contributed by atoms with Gasteiger partial charge in [-0.05, 0) is 25.1 Å². The summed E-state index contributed by atoms with van der Waals surface area (Å²) in [6.07, 6.45) is 0. The van der Waals surface area contributed by atoms with Gasteiger partial charge in [-0.3, -0.25) is 4.72 Å². The molecule has 0 radical (unpaired) electrons. The molecule has 1 aromatic rings. The Kier molecular flexibility index (Phi) is 3.81. The molecule has 0 aliphatic rings. The van der Waals surface area contributed by atoms with Gasteiger partial charge in [0.15, 0.2) is 5.25 Å². The van der Waals surface area contributed by atoms with Crippen LogP contribution in [0.25, 0.3) is 0 Å². The second-order valence-electron chi connectivity index (χ2n) is 3.38. The molecule has 0 saturated carbocycles. The van der Waals surface area contributed by atoms with Gasteiger partial charge in [-0.15, -0.1) is 0 Å². The summed E-state index contributed by atoms with van der Waals surface area (Å²) in [5.41, 5.74) is 6.17. The molecule has 0 heterocycles.